The third kappa shape index (κ3) is 10.0. The number of nitrogens with zero attached hydrogens (tertiary/aromatic N) is 2. The number of amides is 3. The Balaban J connectivity index is 2.18. The summed E-state index contributed by atoms with van der Waals surface area (Å²) in [6.07, 6.45) is 1.79. The number of likely N-dealkylation sites (tertiary alicyclic amines) is 1. The largest absolute Gasteiger partial charge is 0.480 e. The Bertz CT molecular complexity index is 1050. The predicted octanol–water partition coefficient (Wildman–Crippen LogP) is 3.76. The molecule has 1 aromatic carbocycles. The van der Waals surface area contributed by atoms with E-state index in [0.717, 1.165) is 18.4 Å². The first kappa shape index (κ1) is 36.2. The van der Waals surface area contributed by atoms with Gasteiger partial charge in [-0.15, -0.1) is 0 Å². The van der Waals surface area contributed by atoms with Gasteiger partial charge < -0.3 is 29.7 Å². The minimum atomic E-state index is -1.12. The Hall–Kier alpha value is -2.98. The van der Waals surface area contributed by atoms with Crippen LogP contribution in [0, 0.1) is 17.8 Å². The topological polar surface area (TPSA) is 125 Å². The number of aliphatic carboxylic acids is 1. The summed E-state index contributed by atoms with van der Waals surface area (Å²) in [6.45, 7) is 10.4. The number of ether oxygens (including phenoxy) is 2. The fourth-order valence-electron chi connectivity index (χ4n) is 6.17. The lowest BCUT2D eigenvalue weighted by Gasteiger charge is -2.39. The molecule has 7 unspecified atom stereocenters. The molecule has 0 saturated carbocycles. The van der Waals surface area contributed by atoms with Crippen molar-refractivity contribution in [2.24, 2.45) is 17.8 Å². The zero-order valence-electron chi connectivity index (χ0n) is 27.2. The van der Waals surface area contributed by atoms with Gasteiger partial charge in [0.15, 0.2) is 0 Å². The summed E-state index contributed by atoms with van der Waals surface area (Å²) in [5.74, 6) is -2.02. The van der Waals surface area contributed by atoms with E-state index in [0.29, 0.717) is 19.4 Å². The van der Waals surface area contributed by atoms with Crippen LogP contribution in [-0.4, -0.2) is 96.7 Å². The maximum Gasteiger partial charge on any atom is 0.326 e. The molecular weight excluding hydrogens is 550 g/mol. The van der Waals surface area contributed by atoms with E-state index in [-0.39, 0.29) is 48.6 Å². The number of methoxy groups -OCH3 is 2. The van der Waals surface area contributed by atoms with Crippen molar-refractivity contribution in [3.05, 3.63) is 35.9 Å². The van der Waals surface area contributed by atoms with Gasteiger partial charge in [-0.25, -0.2) is 4.79 Å². The van der Waals surface area contributed by atoms with Crippen LogP contribution in [0.5, 0.6) is 0 Å². The highest BCUT2D eigenvalue weighted by atomic mass is 16.5. The molecule has 0 aliphatic carbocycles. The average Bonchev–Trinajstić information content (AvgIpc) is 3.46. The molecule has 1 aromatic rings. The van der Waals surface area contributed by atoms with Gasteiger partial charge in [0.1, 0.15) is 6.04 Å². The number of rotatable bonds is 17. The number of benzene rings is 1. The van der Waals surface area contributed by atoms with E-state index >= 15 is 0 Å². The number of carboxylic acid groups (broad SMARTS) is 1. The zero-order valence-corrected chi connectivity index (χ0v) is 27.2. The van der Waals surface area contributed by atoms with Crippen molar-refractivity contribution < 1.29 is 33.8 Å². The van der Waals surface area contributed by atoms with E-state index in [2.05, 4.69) is 19.2 Å². The molecule has 2 rings (SSSR count). The van der Waals surface area contributed by atoms with Crippen LogP contribution in [0.4, 0.5) is 0 Å². The molecule has 1 heterocycles. The van der Waals surface area contributed by atoms with Gasteiger partial charge in [0, 0.05) is 40.7 Å². The van der Waals surface area contributed by atoms with Gasteiger partial charge in [0.2, 0.25) is 17.7 Å². The minimum Gasteiger partial charge on any atom is -0.480 e. The van der Waals surface area contributed by atoms with Crippen molar-refractivity contribution in [3.8, 4) is 0 Å². The van der Waals surface area contributed by atoms with Crippen LogP contribution in [0.25, 0.3) is 0 Å². The molecule has 43 heavy (non-hydrogen) atoms. The second kappa shape index (κ2) is 17.3. The highest BCUT2D eigenvalue weighted by molar-refractivity contribution is 5.85. The molecule has 3 amide bonds. The monoisotopic (exact) mass is 603 g/mol. The summed E-state index contributed by atoms with van der Waals surface area (Å²) in [4.78, 5) is 55.6. The molecule has 0 aromatic heterocycles. The fraction of sp³-hybridized carbons (Fsp3) is 0.697. The van der Waals surface area contributed by atoms with Gasteiger partial charge in [-0.1, -0.05) is 71.4 Å². The van der Waals surface area contributed by atoms with E-state index in [1.165, 1.54) is 7.11 Å². The maximum atomic E-state index is 13.8. The normalized spacial score (nSPS) is 19.3. The minimum absolute atomic E-state index is 0.0278. The van der Waals surface area contributed by atoms with Gasteiger partial charge in [0.25, 0.3) is 0 Å². The summed E-state index contributed by atoms with van der Waals surface area (Å²) < 4.78 is 11.7. The van der Waals surface area contributed by atoms with Gasteiger partial charge in [-0.3, -0.25) is 14.4 Å². The SMILES string of the molecule is CCC(C)C(C(CC(=O)N1CCCC1C(OC)C(C)C(=O)NC(Cc1ccccc1)C(=O)O)OC)N(C)C(=O)CC(C)C. The number of carbonyl (C=O) groups is 4. The Morgan fingerprint density at radius 3 is 2.23 bits per heavy atom. The molecule has 0 spiro atoms. The molecule has 242 valence electrons. The molecule has 1 fully saturated rings. The highest BCUT2D eigenvalue weighted by Crippen LogP contribution is 2.29. The van der Waals surface area contributed by atoms with Crippen molar-refractivity contribution in [1.29, 1.82) is 0 Å². The number of carboxylic acids is 1. The van der Waals surface area contributed by atoms with Gasteiger partial charge in [0.05, 0.1) is 36.6 Å². The van der Waals surface area contributed by atoms with Crippen molar-refractivity contribution >= 4 is 23.7 Å². The Morgan fingerprint density at radius 2 is 1.70 bits per heavy atom. The first-order chi connectivity index (χ1) is 20.4. The zero-order chi connectivity index (χ0) is 32.3. The molecule has 0 bridgehead atoms. The first-order valence-corrected chi connectivity index (χ1v) is 15.5. The number of hydrogen-bond acceptors (Lipinski definition) is 6. The third-order valence-electron chi connectivity index (χ3n) is 8.78. The summed E-state index contributed by atoms with van der Waals surface area (Å²) in [5.41, 5.74) is 0.804. The molecule has 10 nitrogen and oxygen atoms in total. The molecule has 1 aliphatic heterocycles. The van der Waals surface area contributed by atoms with Gasteiger partial charge in [-0.05, 0) is 30.2 Å². The summed E-state index contributed by atoms with van der Waals surface area (Å²) in [5, 5.41) is 12.5. The van der Waals surface area contributed by atoms with E-state index in [9.17, 15) is 24.3 Å². The Labute approximate surface area is 257 Å². The molecule has 2 N–H and O–H groups in total. The van der Waals surface area contributed by atoms with E-state index in [1.54, 1.807) is 30.9 Å². The number of nitrogens with one attached hydrogen (secondary N) is 1. The third-order valence-corrected chi connectivity index (χ3v) is 8.78. The Morgan fingerprint density at radius 1 is 1.05 bits per heavy atom. The van der Waals surface area contributed by atoms with E-state index in [1.807, 2.05) is 44.2 Å². The van der Waals surface area contributed by atoms with Crippen LogP contribution in [0.1, 0.15) is 72.3 Å². The van der Waals surface area contributed by atoms with Crippen LogP contribution in [0.3, 0.4) is 0 Å². The molecule has 1 saturated heterocycles. The molecule has 10 heteroatoms. The summed E-state index contributed by atoms with van der Waals surface area (Å²) in [6, 6.07) is 7.43. The standard InChI is InChI=1S/C33H53N3O7/c1-9-22(4)30(35(6)28(37)18-21(2)3)27(42-7)20-29(38)36-17-13-16-26(36)31(43-8)23(5)32(39)34-25(33(40)41)19-24-14-11-10-12-15-24/h10-12,14-15,21-23,25-27,30-31H,9,13,16-20H2,1-8H3,(H,34,39)(H,40,41). The van der Waals surface area contributed by atoms with Crippen molar-refractivity contribution in [1.82, 2.24) is 15.1 Å². The second-order valence-corrected chi connectivity index (χ2v) is 12.3. The smallest absolute Gasteiger partial charge is 0.326 e. The summed E-state index contributed by atoms with van der Waals surface area (Å²) in [7, 11) is 4.88. The lowest BCUT2D eigenvalue weighted by Crippen LogP contribution is -2.54. The second-order valence-electron chi connectivity index (χ2n) is 12.3. The number of carbonyl (C=O) groups excluding carboxylic acids is 3. The number of hydrogen-bond donors (Lipinski definition) is 2. The van der Waals surface area contributed by atoms with Crippen LogP contribution in [-0.2, 0) is 35.1 Å². The molecule has 7 atom stereocenters. The maximum absolute atomic E-state index is 13.8. The molecular formula is C33H53N3O7. The lowest BCUT2D eigenvalue weighted by atomic mass is 9.90. The van der Waals surface area contributed by atoms with E-state index in [4.69, 9.17) is 9.47 Å². The average molecular weight is 604 g/mol. The van der Waals surface area contributed by atoms with Gasteiger partial charge in [-0.2, -0.15) is 0 Å². The van der Waals surface area contributed by atoms with Crippen LogP contribution in [0.2, 0.25) is 0 Å². The molecule has 0 radical (unpaired) electrons. The quantitative estimate of drug-likeness (QED) is 0.278. The van der Waals surface area contributed by atoms with E-state index < -0.39 is 36.0 Å². The lowest BCUT2D eigenvalue weighted by molar-refractivity contribution is -0.147. The predicted molar refractivity (Wildman–Crippen MR) is 165 cm³/mol. The molecule has 1 aliphatic rings. The Kier molecular flexibility index (Phi) is 14.6. The highest BCUT2D eigenvalue weighted by Gasteiger charge is 2.42. The fourth-order valence-corrected chi connectivity index (χ4v) is 6.17. The van der Waals surface area contributed by atoms with Crippen LogP contribution in [0.15, 0.2) is 30.3 Å². The first-order valence-electron chi connectivity index (χ1n) is 15.5. The van der Waals surface area contributed by atoms with Crippen LogP contribution < -0.4 is 5.32 Å². The van der Waals surface area contributed by atoms with Crippen molar-refractivity contribution in [3.63, 3.8) is 0 Å². The van der Waals surface area contributed by atoms with Crippen LogP contribution >= 0.6 is 0 Å². The van der Waals surface area contributed by atoms with Crippen molar-refractivity contribution in [2.45, 2.75) is 103 Å². The van der Waals surface area contributed by atoms with Crippen molar-refractivity contribution in [2.75, 3.05) is 27.8 Å². The van der Waals surface area contributed by atoms with Gasteiger partial charge >= 0.3 is 5.97 Å². The summed E-state index contributed by atoms with van der Waals surface area (Å²) >= 11 is 0. The number of likely N-dealkylation sites (N-methyl/N-ethyl adjacent to an activating group) is 1.